The second kappa shape index (κ2) is 8.28. The number of nitrogens with one attached hydrogen (secondary N) is 1. The molecule has 0 heterocycles. The van der Waals surface area contributed by atoms with E-state index in [1.807, 2.05) is 0 Å². The van der Waals surface area contributed by atoms with Crippen LogP contribution in [0.3, 0.4) is 0 Å². The molecule has 0 spiro atoms. The average Bonchev–Trinajstić information content (AvgIpc) is 2.59. The quantitative estimate of drug-likeness (QED) is 0.778. The Hall–Kier alpha value is -2.10. The Morgan fingerprint density at radius 2 is 1.78 bits per heavy atom. The van der Waals surface area contributed by atoms with Crippen LogP contribution in [0.15, 0.2) is 53.4 Å². The van der Waals surface area contributed by atoms with Gasteiger partial charge in [-0.05, 0) is 35.9 Å². The highest BCUT2D eigenvalue weighted by Crippen LogP contribution is 2.20. The van der Waals surface area contributed by atoms with E-state index >= 15 is 0 Å². The van der Waals surface area contributed by atoms with Crippen molar-refractivity contribution in [1.82, 2.24) is 9.62 Å². The fraction of sp³-hybridized carbons (Fsp3) is 0.235. The van der Waals surface area contributed by atoms with E-state index in [4.69, 9.17) is 11.6 Å². The number of carbonyl (C=O) groups is 1. The monoisotopic (exact) mass is 420 g/mol. The van der Waals surface area contributed by atoms with Crippen molar-refractivity contribution in [1.29, 1.82) is 0 Å². The molecule has 0 aromatic heterocycles. The third-order valence-corrected chi connectivity index (χ3v) is 5.61. The second-order valence-corrected chi connectivity index (χ2v) is 8.19. The number of amides is 1. The number of nitrogens with zero attached hydrogens (tertiary/aromatic N) is 1. The lowest BCUT2D eigenvalue weighted by atomic mass is 10.1. The van der Waals surface area contributed by atoms with Crippen LogP contribution in [0.2, 0.25) is 5.02 Å². The first-order valence-corrected chi connectivity index (χ1v) is 9.46. The molecule has 2 aromatic carbocycles. The van der Waals surface area contributed by atoms with E-state index < -0.39 is 28.7 Å². The molecule has 0 unspecified atom stereocenters. The number of sulfonamides is 1. The molecular weight excluding hydrogens is 405 g/mol. The summed E-state index contributed by atoms with van der Waals surface area (Å²) >= 11 is 5.83. The van der Waals surface area contributed by atoms with E-state index in [1.54, 1.807) is 11.4 Å². The van der Waals surface area contributed by atoms with E-state index in [9.17, 15) is 26.4 Å². The maximum absolute atomic E-state index is 12.5. The molecule has 0 saturated heterocycles. The molecule has 0 radical (unpaired) electrons. The topological polar surface area (TPSA) is 66.5 Å². The standard InChI is InChI=1S/C17H16ClF3N2O3S/c1-23(27(25,26)15-4-2-3-14(18)9-15)10-12-5-7-13(8-6-12)16(24)22-11-17(19,20)21/h2-9H,10-11H2,1H3,(H,22,24). The molecule has 0 saturated carbocycles. The van der Waals surface area contributed by atoms with E-state index in [-0.39, 0.29) is 17.0 Å². The van der Waals surface area contributed by atoms with Crippen LogP contribution in [0.5, 0.6) is 0 Å². The lowest BCUT2D eigenvalue weighted by Crippen LogP contribution is -2.33. The van der Waals surface area contributed by atoms with Crippen molar-refractivity contribution in [3.63, 3.8) is 0 Å². The minimum absolute atomic E-state index is 0.0132. The van der Waals surface area contributed by atoms with E-state index in [2.05, 4.69) is 0 Å². The molecule has 0 aliphatic carbocycles. The molecule has 0 atom stereocenters. The summed E-state index contributed by atoms with van der Waals surface area (Å²) < 4.78 is 62.6. The highest BCUT2D eigenvalue weighted by Gasteiger charge is 2.28. The zero-order valence-electron chi connectivity index (χ0n) is 14.1. The van der Waals surface area contributed by atoms with Gasteiger partial charge in [0, 0.05) is 24.2 Å². The van der Waals surface area contributed by atoms with Gasteiger partial charge >= 0.3 is 6.18 Å². The van der Waals surface area contributed by atoms with Gasteiger partial charge in [0.25, 0.3) is 5.91 Å². The summed E-state index contributed by atoms with van der Waals surface area (Å²) in [6.07, 6.45) is -4.49. The number of carbonyl (C=O) groups excluding carboxylic acids is 1. The van der Waals surface area contributed by atoms with Crippen LogP contribution in [0.1, 0.15) is 15.9 Å². The molecule has 0 bridgehead atoms. The van der Waals surface area contributed by atoms with Gasteiger partial charge in [-0.2, -0.15) is 17.5 Å². The Morgan fingerprint density at radius 1 is 1.15 bits per heavy atom. The van der Waals surface area contributed by atoms with Gasteiger partial charge in [0.1, 0.15) is 6.54 Å². The first kappa shape index (κ1) is 21.2. The van der Waals surface area contributed by atoms with E-state index in [0.717, 1.165) is 4.31 Å². The van der Waals surface area contributed by atoms with Crippen molar-refractivity contribution in [3.05, 3.63) is 64.7 Å². The van der Waals surface area contributed by atoms with Crippen LogP contribution >= 0.6 is 11.6 Å². The number of hydrogen-bond donors (Lipinski definition) is 1. The molecule has 10 heteroatoms. The van der Waals surface area contributed by atoms with Crippen molar-refractivity contribution in [3.8, 4) is 0 Å². The zero-order chi connectivity index (χ0) is 20.2. The Labute approximate surface area is 159 Å². The predicted octanol–water partition coefficient (Wildman–Crippen LogP) is 3.45. The zero-order valence-corrected chi connectivity index (χ0v) is 15.7. The highest BCUT2D eigenvalue weighted by molar-refractivity contribution is 7.89. The summed E-state index contributed by atoms with van der Waals surface area (Å²) in [6, 6.07) is 11.5. The van der Waals surface area contributed by atoms with Gasteiger partial charge in [-0.15, -0.1) is 0 Å². The maximum Gasteiger partial charge on any atom is 0.405 e. The second-order valence-electron chi connectivity index (χ2n) is 5.71. The molecular formula is C17H16ClF3N2O3S. The molecule has 1 N–H and O–H groups in total. The summed E-state index contributed by atoms with van der Waals surface area (Å²) in [4.78, 5) is 11.7. The SMILES string of the molecule is CN(Cc1ccc(C(=O)NCC(F)(F)F)cc1)S(=O)(=O)c1cccc(Cl)c1. The Balaban J connectivity index is 2.06. The Bertz CT molecular complexity index is 916. The summed E-state index contributed by atoms with van der Waals surface area (Å²) in [7, 11) is -2.38. The number of hydrogen-bond acceptors (Lipinski definition) is 3. The smallest absolute Gasteiger partial charge is 0.343 e. The first-order valence-electron chi connectivity index (χ1n) is 7.65. The Morgan fingerprint density at radius 3 is 2.33 bits per heavy atom. The predicted molar refractivity (Wildman–Crippen MR) is 94.9 cm³/mol. The van der Waals surface area contributed by atoms with Gasteiger partial charge in [-0.1, -0.05) is 29.8 Å². The third-order valence-electron chi connectivity index (χ3n) is 3.58. The van der Waals surface area contributed by atoms with Crippen molar-refractivity contribution in [2.75, 3.05) is 13.6 Å². The minimum Gasteiger partial charge on any atom is -0.343 e. The fourth-order valence-corrected chi connectivity index (χ4v) is 3.65. The fourth-order valence-electron chi connectivity index (χ4n) is 2.19. The number of alkyl halides is 3. The Kier molecular flexibility index (Phi) is 6.50. The lowest BCUT2D eigenvalue weighted by Gasteiger charge is -2.17. The minimum atomic E-state index is -4.49. The molecule has 5 nitrogen and oxygen atoms in total. The largest absolute Gasteiger partial charge is 0.405 e. The first-order chi connectivity index (χ1) is 12.5. The normalized spacial score (nSPS) is 12.2. The molecule has 0 aliphatic rings. The molecule has 0 aliphatic heterocycles. The number of halogens is 4. The van der Waals surface area contributed by atoms with Gasteiger partial charge in [0.15, 0.2) is 0 Å². The third kappa shape index (κ3) is 5.95. The van der Waals surface area contributed by atoms with Crippen LogP contribution in [0, 0.1) is 0 Å². The maximum atomic E-state index is 12.5. The van der Waals surface area contributed by atoms with Crippen molar-refractivity contribution < 1.29 is 26.4 Å². The van der Waals surface area contributed by atoms with Crippen LogP contribution < -0.4 is 5.32 Å². The van der Waals surface area contributed by atoms with Crippen molar-refractivity contribution in [2.45, 2.75) is 17.6 Å². The van der Waals surface area contributed by atoms with Crippen LogP contribution in [0.25, 0.3) is 0 Å². The van der Waals surface area contributed by atoms with E-state index in [1.165, 1.54) is 49.5 Å². The van der Waals surface area contributed by atoms with Crippen molar-refractivity contribution >= 4 is 27.5 Å². The van der Waals surface area contributed by atoms with E-state index in [0.29, 0.717) is 10.6 Å². The molecule has 2 aromatic rings. The summed E-state index contributed by atoms with van der Waals surface area (Å²) in [5, 5.41) is 2.06. The number of benzene rings is 2. The van der Waals surface area contributed by atoms with Gasteiger partial charge in [0.2, 0.25) is 10.0 Å². The lowest BCUT2D eigenvalue weighted by molar-refractivity contribution is -0.123. The van der Waals surface area contributed by atoms with Crippen LogP contribution in [0.4, 0.5) is 13.2 Å². The van der Waals surface area contributed by atoms with Crippen LogP contribution in [-0.2, 0) is 16.6 Å². The van der Waals surface area contributed by atoms with Crippen LogP contribution in [-0.4, -0.2) is 38.4 Å². The molecule has 1 amide bonds. The summed E-state index contributed by atoms with van der Waals surface area (Å²) in [5.41, 5.74) is 0.610. The summed E-state index contributed by atoms with van der Waals surface area (Å²) in [6.45, 7) is -1.41. The van der Waals surface area contributed by atoms with Crippen molar-refractivity contribution in [2.24, 2.45) is 0 Å². The van der Waals surface area contributed by atoms with Gasteiger partial charge < -0.3 is 5.32 Å². The highest BCUT2D eigenvalue weighted by atomic mass is 35.5. The molecule has 146 valence electrons. The summed E-state index contributed by atoms with van der Waals surface area (Å²) in [5.74, 6) is -0.862. The average molecular weight is 421 g/mol. The molecule has 0 fully saturated rings. The molecule has 2 rings (SSSR count). The van der Waals surface area contributed by atoms with Gasteiger partial charge in [0.05, 0.1) is 4.90 Å². The molecule has 27 heavy (non-hydrogen) atoms. The van der Waals surface area contributed by atoms with Gasteiger partial charge in [-0.3, -0.25) is 4.79 Å². The number of rotatable bonds is 6. The van der Waals surface area contributed by atoms with Gasteiger partial charge in [-0.25, -0.2) is 8.42 Å².